The molecule has 3 heteroatoms. The fourth-order valence-electron chi connectivity index (χ4n) is 2.44. The fourth-order valence-corrected chi connectivity index (χ4v) is 2.44. The van der Waals surface area contributed by atoms with Gasteiger partial charge in [-0.2, -0.15) is 0 Å². The van der Waals surface area contributed by atoms with E-state index >= 15 is 0 Å². The molecule has 1 saturated heterocycles. The van der Waals surface area contributed by atoms with Gasteiger partial charge in [0.25, 0.3) is 0 Å². The van der Waals surface area contributed by atoms with Crippen molar-refractivity contribution in [1.82, 2.24) is 0 Å². The van der Waals surface area contributed by atoms with Gasteiger partial charge in [-0.05, 0) is 18.9 Å². The van der Waals surface area contributed by atoms with E-state index in [1.807, 2.05) is 0 Å². The van der Waals surface area contributed by atoms with Crippen LogP contribution in [0.5, 0.6) is 0 Å². The van der Waals surface area contributed by atoms with Crippen molar-refractivity contribution in [2.45, 2.75) is 32.5 Å². The molecule has 1 heterocycles. The summed E-state index contributed by atoms with van der Waals surface area (Å²) in [4.78, 5) is 0. The maximum atomic E-state index is 9.17. The van der Waals surface area contributed by atoms with Crippen LogP contribution in [0.3, 0.4) is 0 Å². The Labute approximate surface area is 84.7 Å². The molecular formula is C11H18O3. The number of aliphatic hydroxyl groups is 1. The predicted molar refractivity (Wildman–Crippen MR) is 52.8 cm³/mol. The number of rotatable bonds is 1. The van der Waals surface area contributed by atoms with E-state index in [0.717, 1.165) is 18.4 Å². The van der Waals surface area contributed by atoms with E-state index in [1.165, 1.54) is 5.57 Å². The first kappa shape index (κ1) is 10.1. The lowest BCUT2D eigenvalue weighted by atomic mass is 9.80. The molecule has 0 aromatic carbocycles. The highest BCUT2D eigenvalue weighted by molar-refractivity contribution is 5.21. The van der Waals surface area contributed by atoms with Gasteiger partial charge in [-0.25, -0.2) is 0 Å². The molecule has 2 rings (SSSR count). The molecule has 0 bridgehead atoms. The summed E-state index contributed by atoms with van der Waals surface area (Å²) in [6, 6.07) is 0. The van der Waals surface area contributed by atoms with Gasteiger partial charge in [-0.15, -0.1) is 0 Å². The second kappa shape index (κ2) is 3.65. The van der Waals surface area contributed by atoms with Crippen LogP contribution in [0, 0.1) is 5.92 Å². The Morgan fingerprint density at radius 2 is 2.07 bits per heavy atom. The molecular weight excluding hydrogens is 180 g/mol. The van der Waals surface area contributed by atoms with E-state index in [1.54, 1.807) is 0 Å². The van der Waals surface area contributed by atoms with Crippen LogP contribution in [0.4, 0.5) is 0 Å². The molecule has 0 saturated carbocycles. The Morgan fingerprint density at radius 1 is 1.43 bits per heavy atom. The van der Waals surface area contributed by atoms with E-state index in [2.05, 4.69) is 13.8 Å². The molecule has 0 aromatic heterocycles. The van der Waals surface area contributed by atoms with Gasteiger partial charge in [0.1, 0.15) is 0 Å². The zero-order chi connectivity index (χ0) is 10.2. The molecule has 1 unspecified atom stereocenters. The average molecular weight is 198 g/mol. The Kier molecular flexibility index (Phi) is 2.64. The molecule has 1 spiro atoms. The second-order valence-electron chi connectivity index (χ2n) is 4.18. The van der Waals surface area contributed by atoms with Crippen molar-refractivity contribution in [3.8, 4) is 0 Å². The standard InChI is InChI=1S/C11H18O3/c1-8-9(2)11(13-5-6-14-11)4-3-10(8)7-12/h9,12H,3-7H2,1-2H3. The largest absolute Gasteiger partial charge is 0.392 e. The number of hydrogen-bond acceptors (Lipinski definition) is 3. The minimum absolute atomic E-state index is 0.173. The van der Waals surface area contributed by atoms with Crippen molar-refractivity contribution in [1.29, 1.82) is 0 Å². The highest BCUT2D eigenvalue weighted by atomic mass is 16.7. The summed E-state index contributed by atoms with van der Waals surface area (Å²) in [5.41, 5.74) is 2.39. The second-order valence-corrected chi connectivity index (χ2v) is 4.18. The molecule has 0 aromatic rings. The Morgan fingerprint density at radius 3 is 2.64 bits per heavy atom. The Hall–Kier alpha value is -0.380. The van der Waals surface area contributed by atoms with Crippen molar-refractivity contribution in [2.24, 2.45) is 5.92 Å². The van der Waals surface area contributed by atoms with Crippen LogP contribution >= 0.6 is 0 Å². The lowest BCUT2D eigenvalue weighted by molar-refractivity contribution is -0.191. The van der Waals surface area contributed by atoms with Crippen LogP contribution in [0.2, 0.25) is 0 Å². The average Bonchev–Trinajstić information content (AvgIpc) is 2.65. The number of hydrogen-bond donors (Lipinski definition) is 1. The highest BCUT2D eigenvalue weighted by Crippen LogP contribution is 2.42. The molecule has 1 aliphatic heterocycles. The van der Waals surface area contributed by atoms with Crippen molar-refractivity contribution in [3.05, 3.63) is 11.1 Å². The number of aliphatic hydroxyl groups excluding tert-OH is 1. The summed E-state index contributed by atoms with van der Waals surface area (Å²) < 4.78 is 11.4. The molecule has 80 valence electrons. The van der Waals surface area contributed by atoms with Crippen LogP contribution < -0.4 is 0 Å². The van der Waals surface area contributed by atoms with E-state index in [9.17, 15) is 5.11 Å². The molecule has 2 aliphatic rings. The van der Waals surface area contributed by atoms with Gasteiger partial charge in [-0.3, -0.25) is 0 Å². The summed E-state index contributed by atoms with van der Waals surface area (Å²) in [5.74, 6) is -0.121. The van der Waals surface area contributed by atoms with Crippen LogP contribution in [0.15, 0.2) is 11.1 Å². The van der Waals surface area contributed by atoms with Crippen molar-refractivity contribution in [2.75, 3.05) is 19.8 Å². The first-order chi connectivity index (χ1) is 6.69. The highest BCUT2D eigenvalue weighted by Gasteiger charge is 2.45. The summed E-state index contributed by atoms with van der Waals surface area (Å²) in [6.45, 7) is 5.77. The fraction of sp³-hybridized carbons (Fsp3) is 0.818. The molecule has 14 heavy (non-hydrogen) atoms. The molecule has 0 amide bonds. The van der Waals surface area contributed by atoms with Gasteiger partial charge in [0, 0.05) is 12.3 Å². The van der Waals surface area contributed by atoms with E-state index in [-0.39, 0.29) is 18.3 Å². The molecule has 1 atom stereocenters. The first-order valence-corrected chi connectivity index (χ1v) is 5.27. The normalized spacial score (nSPS) is 31.5. The molecule has 1 N–H and O–H groups in total. The number of ether oxygens (including phenoxy) is 2. The zero-order valence-corrected chi connectivity index (χ0v) is 8.88. The van der Waals surface area contributed by atoms with Crippen molar-refractivity contribution in [3.63, 3.8) is 0 Å². The van der Waals surface area contributed by atoms with Gasteiger partial charge in [0.15, 0.2) is 5.79 Å². The Bertz CT molecular complexity index is 251. The molecule has 1 aliphatic carbocycles. The van der Waals surface area contributed by atoms with Crippen molar-refractivity contribution >= 4 is 0 Å². The maximum Gasteiger partial charge on any atom is 0.174 e. The van der Waals surface area contributed by atoms with Gasteiger partial charge >= 0.3 is 0 Å². The summed E-state index contributed by atoms with van der Waals surface area (Å²) in [5, 5.41) is 9.17. The van der Waals surface area contributed by atoms with Gasteiger partial charge in [0.2, 0.25) is 0 Å². The summed E-state index contributed by atoms with van der Waals surface area (Å²) >= 11 is 0. The molecule has 1 fully saturated rings. The Balaban J connectivity index is 2.24. The summed E-state index contributed by atoms with van der Waals surface area (Å²) in [6.07, 6.45) is 1.77. The van der Waals surface area contributed by atoms with Crippen LogP contribution in [-0.4, -0.2) is 30.7 Å². The third-order valence-electron chi connectivity index (χ3n) is 3.61. The van der Waals surface area contributed by atoms with Gasteiger partial charge < -0.3 is 14.6 Å². The van der Waals surface area contributed by atoms with E-state index in [0.29, 0.717) is 13.2 Å². The van der Waals surface area contributed by atoms with Gasteiger partial charge in [0.05, 0.1) is 19.8 Å². The molecule has 3 nitrogen and oxygen atoms in total. The zero-order valence-electron chi connectivity index (χ0n) is 8.88. The smallest absolute Gasteiger partial charge is 0.174 e. The lowest BCUT2D eigenvalue weighted by Crippen LogP contribution is -2.41. The minimum Gasteiger partial charge on any atom is -0.392 e. The van der Waals surface area contributed by atoms with Crippen LogP contribution in [0.1, 0.15) is 26.7 Å². The van der Waals surface area contributed by atoms with Gasteiger partial charge in [-0.1, -0.05) is 12.5 Å². The monoisotopic (exact) mass is 198 g/mol. The first-order valence-electron chi connectivity index (χ1n) is 5.27. The van der Waals surface area contributed by atoms with E-state index < -0.39 is 0 Å². The van der Waals surface area contributed by atoms with Crippen molar-refractivity contribution < 1.29 is 14.6 Å². The van der Waals surface area contributed by atoms with E-state index in [4.69, 9.17) is 9.47 Å². The summed E-state index contributed by atoms with van der Waals surface area (Å²) in [7, 11) is 0. The quantitative estimate of drug-likeness (QED) is 0.648. The topological polar surface area (TPSA) is 38.7 Å². The third-order valence-corrected chi connectivity index (χ3v) is 3.61. The van der Waals surface area contributed by atoms with Crippen LogP contribution in [0.25, 0.3) is 0 Å². The third kappa shape index (κ3) is 1.40. The minimum atomic E-state index is -0.386. The predicted octanol–water partition coefficient (Wildman–Crippen LogP) is 1.47. The SMILES string of the molecule is CC1=C(CO)CCC2(OCCO2)C1C. The molecule has 0 radical (unpaired) electrons. The van der Waals surface area contributed by atoms with Crippen LogP contribution in [-0.2, 0) is 9.47 Å². The maximum absolute atomic E-state index is 9.17. The lowest BCUT2D eigenvalue weighted by Gasteiger charge is -2.39.